The number of piperidine rings is 1. The summed E-state index contributed by atoms with van der Waals surface area (Å²) in [6, 6.07) is 9.23. The molecule has 1 aliphatic rings. The van der Waals surface area contributed by atoms with E-state index in [0.29, 0.717) is 49.1 Å². The summed E-state index contributed by atoms with van der Waals surface area (Å²) in [5.41, 5.74) is 2.35. The van der Waals surface area contributed by atoms with E-state index in [1.807, 2.05) is 29.2 Å². The fourth-order valence-electron chi connectivity index (χ4n) is 3.53. The predicted molar refractivity (Wildman–Crippen MR) is 105 cm³/mol. The van der Waals surface area contributed by atoms with Gasteiger partial charge in [-0.05, 0) is 25.0 Å². The normalized spacial score (nSPS) is 14.7. The Morgan fingerprint density at radius 2 is 2.03 bits per heavy atom. The van der Waals surface area contributed by atoms with Crippen LogP contribution in [0, 0.1) is 0 Å². The number of amides is 2. The number of likely N-dealkylation sites (tertiary alicyclic amines) is 1. The molecular weight excluding hydrogens is 372 g/mol. The largest absolute Gasteiger partial charge is 0.496 e. The Morgan fingerprint density at radius 1 is 1.24 bits per heavy atom. The van der Waals surface area contributed by atoms with Gasteiger partial charge in [-0.15, -0.1) is 5.10 Å². The van der Waals surface area contributed by atoms with Crippen LogP contribution in [0.15, 0.2) is 36.5 Å². The Labute approximate surface area is 167 Å². The number of H-pyrrole nitrogens is 1. The lowest BCUT2D eigenvalue weighted by Crippen LogP contribution is -2.47. The van der Waals surface area contributed by atoms with Crippen LogP contribution in [-0.4, -0.2) is 63.4 Å². The first-order chi connectivity index (χ1) is 14.1. The molecule has 0 spiro atoms. The van der Waals surface area contributed by atoms with Gasteiger partial charge in [0, 0.05) is 30.9 Å². The second-order valence-electron chi connectivity index (χ2n) is 7.01. The Morgan fingerprint density at radius 3 is 2.83 bits per heavy atom. The molecule has 1 aliphatic heterocycles. The number of hydrogen-bond donors (Lipinski definition) is 2. The maximum atomic E-state index is 12.6. The third-order valence-electron chi connectivity index (χ3n) is 5.15. The number of ether oxygens (including phenoxy) is 1. The standard InChI is InChI=1S/C20H22N6O3/c1-29-17-5-3-2-4-13(17)11-18(27)26-8-6-15(7-9-26)22-20(28)14-10-16-19(21-12-14)24-25-23-16/h2-5,10,12,15H,6-9,11H2,1H3,(H,22,28)(H,21,23,24,25). The molecule has 0 atom stereocenters. The summed E-state index contributed by atoms with van der Waals surface area (Å²) in [7, 11) is 1.60. The Hall–Kier alpha value is -3.49. The second-order valence-corrected chi connectivity index (χ2v) is 7.01. The number of nitrogens with zero attached hydrogens (tertiary/aromatic N) is 4. The zero-order chi connectivity index (χ0) is 20.2. The van der Waals surface area contributed by atoms with E-state index in [1.165, 1.54) is 6.20 Å². The van der Waals surface area contributed by atoms with Crippen LogP contribution in [0.5, 0.6) is 5.75 Å². The van der Waals surface area contributed by atoms with Crippen LogP contribution in [0.3, 0.4) is 0 Å². The fourth-order valence-corrected chi connectivity index (χ4v) is 3.53. The number of para-hydroxylation sites is 1. The molecule has 0 aliphatic carbocycles. The van der Waals surface area contributed by atoms with E-state index in [1.54, 1.807) is 13.2 Å². The van der Waals surface area contributed by atoms with Gasteiger partial charge in [0.15, 0.2) is 0 Å². The lowest BCUT2D eigenvalue weighted by molar-refractivity contribution is -0.131. The maximum Gasteiger partial charge on any atom is 0.253 e. The van der Waals surface area contributed by atoms with E-state index in [2.05, 4.69) is 25.7 Å². The number of benzene rings is 1. The highest BCUT2D eigenvalue weighted by Gasteiger charge is 2.25. The number of nitrogens with one attached hydrogen (secondary N) is 2. The van der Waals surface area contributed by atoms with E-state index in [4.69, 9.17) is 4.74 Å². The van der Waals surface area contributed by atoms with Gasteiger partial charge in [0.2, 0.25) is 11.6 Å². The Kier molecular flexibility index (Phi) is 5.37. The van der Waals surface area contributed by atoms with Crippen molar-refractivity contribution in [2.75, 3.05) is 20.2 Å². The Bertz CT molecular complexity index is 1030. The SMILES string of the molecule is COc1ccccc1CC(=O)N1CCC(NC(=O)c2cnc3n[nH]nc3c2)CC1. The molecule has 3 aromatic rings. The topological polar surface area (TPSA) is 113 Å². The van der Waals surface area contributed by atoms with Gasteiger partial charge in [0.05, 0.1) is 19.1 Å². The lowest BCUT2D eigenvalue weighted by Gasteiger charge is -2.32. The third kappa shape index (κ3) is 4.18. The van der Waals surface area contributed by atoms with E-state index >= 15 is 0 Å². The molecule has 0 radical (unpaired) electrons. The van der Waals surface area contributed by atoms with Crippen LogP contribution in [0.1, 0.15) is 28.8 Å². The highest BCUT2D eigenvalue weighted by atomic mass is 16.5. The molecule has 0 bridgehead atoms. The minimum absolute atomic E-state index is 0.0193. The van der Waals surface area contributed by atoms with Crippen molar-refractivity contribution >= 4 is 23.0 Å². The maximum absolute atomic E-state index is 12.6. The fraction of sp³-hybridized carbons (Fsp3) is 0.350. The summed E-state index contributed by atoms with van der Waals surface area (Å²) in [5, 5.41) is 13.3. The van der Waals surface area contributed by atoms with Gasteiger partial charge in [0.25, 0.3) is 5.91 Å². The van der Waals surface area contributed by atoms with Crippen molar-refractivity contribution in [2.45, 2.75) is 25.3 Å². The molecule has 150 valence electrons. The molecule has 9 heteroatoms. The number of aromatic amines is 1. The number of methoxy groups -OCH3 is 1. The second kappa shape index (κ2) is 8.26. The highest BCUT2D eigenvalue weighted by molar-refractivity contribution is 5.96. The number of carbonyl (C=O) groups excluding carboxylic acids is 2. The molecule has 29 heavy (non-hydrogen) atoms. The van der Waals surface area contributed by atoms with Gasteiger partial charge in [-0.2, -0.15) is 10.3 Å². The third-order valence-corrected chi connectivity index (χ3v) is 5.15. The smallest absolute Gasteiger partial charge is 0.253 e. The molecule has 0 unspecified atom stereocenters. The van der Waals surface area contributed by atoms with Crippen molar-refractivity contribution in [1.82, 2.24) is 30.6 Å². The number of hydrogen-bond acceptors (Lipinski definition) is 6. The van der Waals surface area contributed by atoms with Gasteiger partial charge in [-0.25, -0.2) is 4.98 Å². The molecule has 1 fully saturated rings. The molecule has 1 aromatic carbocycles. The summed E-state index contributed by atoms with van der Waals surface area (Å²) in [4.78, 5) is 31.1. The van der Waals surface area contributed by atoms with E-state index in [0.717, 1.165) is 11.3 Å². The van der Waals surface area contributed by atoms with Crippen LogP contribution in [-0.2, 0) is 11.2 Å². The van der Waals surface area contributed by atoms with E-state index in [-0.39, 0.29) is 17.9 Å². The molecular formula is C20H22N6O3. The number of aromatic nitrogens is 4. The average molecular weight is 394 g/mol. The number of fused-ring (bicyclic) bond motifs is 1. The van der Waals surface area contributed by atoms with Crippen LogP contribution >= 0.6 is 0 Å². The van der Waals surface area contributed by atoms with E-state index in [9.17, 15) is 9.59 Å². The van der Waals surface area contributed by atoms with Crippen molar-refractivity contribution < 1.29 is 14.3 Å². The van der Waals surface area contributed by atoms with Gasteiger partial charge >= 0.3 is 0 Å². The van der Waals surface area contributed by atoms with Crippen molar-refractivity contribution in [3.63, 3.8) is 0 Å². The number of rotatable bonds is 5. The minimum Gasteiger partial charge on any atom is -0.496 e. The molecule has 2 amide bonds. The van der Waals surface area contributed by atoms with Crippen molar-refractivity contribution in [2.24, 2.45) is 0 Å². The van der Waals surface area contributed by atoms with Gasteiger partial charge in [-0.1, -0.05) is 18.2 Å². The quantitative estimate of drug-likeness (QED) is 0.675. The van der Waals surface area contributed by atoms with E-state index < -0.39 is 0 Å². The molecule has 3 heterocycles. The summed E-state index contributed by atoms with van der Waals surface area (Å²) < 4.78 is 5.32. The molecule has 1 saturated heterocycles. The van der Waals surface area contributed by atoms with Gasteiger partial charge in [-0.3, -0.25) is 9.59 Å². The first-order valence-corrected chi connectivity index (χ1v) is 9.51. The van der Waals surface area contributed by atoms with Gasteiger partial charge in [0.1, 0.15) is 11.3 Å². The summed E-state index contributed by atoms with van der Waals surface area (Å²) in [6.45, 7) is 1.22. The molecule has 4 rings (SSSR count). The predicted octanol–water partition coefficient (Wildman–Crippen LogP) is 1.32. The van der Waals surface area contributed by atoms with Gasteiger partial charge < -0.3 is 15.0 Å². The van der Waals surface area contributed by atoms with Crippen LogP contribution in [0.2, 0.25) is 0 Å². The zero-order valence-corrected chi connectivity index (χ0v) is 16.1. The van der Waals surface area contributed by atoms with Crippen LogP contribution in [0.25, 0.3) is 11.2 Å². The summed E-state index contributed by atoms with van der Waals surface area (Å²) in [6.07, 6.45) is 3.22. The lowest BCUT2D eigenvalue weighted by atomic mass is 10.0. The van der Waals surface area contributed by atoms with Crippen LogP contribution in [0.4, 0.5) is 0 Å². The van der Waals surface area contributed by atoms with Crippen LogP contribution < -0.4 is 10.1 Å². The molecule has 9 nitrogen and oxygen atoms in total. The first-order valence-electron chi connectivity index (χ1n) is 9.51. The molecule has 2 aromatic heterocycles. The first kappa shape index (κ1) is 18.9. The van der Waals surface area contributed by atoms with Crippen molar-refractivity contribution in [1.29, 1.82) is 0 Å². The summed E-state index contributed by atoms with van der Waals surface area (Å²) >= 11 is 0. The monoisotopic (exact) mass is 394 g/mol. The zero-order valence-electron chi connectivity index (χ0n) is 16.1. The Balaban J connectivity index is 1.30. The minimum atomic E-state index is -0.193. The van der Waals surface area contributed by atoms with Crippen molar-refractivity contribution in [3.8, 4) is 5.75 Å². The molecule has 2 N–H and O–H groups in total. The number of carbonyl (C=O) groups is 2. The molecule has 0 saturated carbocycles. The number of pyridine rings is 1. The summed E-state index contributed by atoms with van der Waals surface area (Å²) in [5.74, 6) is 0.599. The highest BCUT2D eigenvalue weighted by Crippen LogP contribution is 2.20. The van der Waals surface area contributed by atoms with Crippen molar-refractivity contribution in [3.05, 3.63) is 47.7 Å². The average Bonchev–Trinajstić information content (AvgIpc) is 3.22.